The van der Waals surface area contributed by atoms with Crippen LogP contribution in [0, 0.1) is 11.3 Å². The average molecular weight is 674 g/mol. The number of rotatable bonds is 9. The SMILES string of the molecule is COc1ccc(S(=O)(=O)N2C(=O)C(c3ccc(CN4CCCC4)cc3OC)(N3CCC[C@@H]3OC(=O)N(C)C)c3cc(C#N)ccc32)cc1. The molecule has 0 spiro atoms. The van der Waals surface area contributed by atoms with Crippen molar-refractivity contribution in [2.45, 2.75) is 48.9 Å². The number of fused-ring (bicyclic) bond motifs is 1. The topological polar surface area (TPSA) is 133 Å². The smallest absolute Gasteiger partial charge is 0.410 e. The Kier molecular flexibility index (Phi) is 9.08. The highest BCUT2D eigenvalue weighted by Crippen LogP contribution is 2.54. The minimum absolute atomic E-state index is 0.0996. The Balaban J connectivity index is 1.60. The number of nitriles is 1. The largest absolute Gasteiger partial charge is 0.497 e. The van der Waals surface area contributed by atoms with Gasteiger partial charge in [-0.15, -0.1) is 0 Å². The minimum atomic E-state index is -4.50. The molecule has 3 aliphatic rings. The van der Waals surface area contributed by atoms with Crippen molar-refractivity contribution in [3.8, 4) is 17.6 Å². The molecular formula is C35H39N5O7S. The second kappa shape index (κ2) is 13.1. The predicted octanol–water partition coefficient (Wildman–Crippen LogP) is 4.27. The summed E-state index contributed by atoms with van der Waals surface area (Å²) < 4.78 is 47.0. The summed E-state index contributed by atoms with van der Waals surface area (Å²) in [7, 11) is 1.63. The molecule has 2 amide bonds. The van der Waals surface area contributed by atoms with Crippen molar-refractivity contribution in [3.63, 3.8) is 0 Å². The molecule has 0 radical (unpaired) electrons. The molecule has 3 aliphatic heterocycles. The highest BCUT2D eigenvalue weighted by atomic mass is 32.2. The van der Waals surface area contributed by atoms with Crippen LogP contribution in [0.15, 0.2) is 65.6 Å². The summed E-state index contributed by atoms with van der Waals surface area (Å²) in [6, 6.07) is 18.1. The lowest BCUT2D eigenvalue weighted by molar-refractivity contribution is -0.132. The summed E-state index contributed by atoms with van der Waals surface area (Å²) in [4.78, 5) is 33.6. The van der Waals surface area contributed by atoms with Gasteiger partial charge in [-0.05, 0) is 92.9 Å². The lowest BCUT2D eigenvalue weighted by Gasteiger charge is -2.41. The molecule has 0 bridgehead atoms. The summed E-state index contributed by atoms with van der Waals surface area (Å²) in [5.41, 5.74) is 0.137. The molecule has 3 aromatic rings. The van der Waals surface area contributed by atoms with Crippen molar-refractivity contribution in [1.82, 2.24) is 14.7 Å². The molecule has 2 saturated heterocycles. The second-order valence-corrected chi connectivity index (χ2v) is 14.2. The maximum absolute atomic E-state index is 15.4. The number of hydrogen-bond donors (Lipinski definition) is 0. The van der Waals surface area contributed by atoms with Gasteiger partial charge in [-0.25, -0.2) is 22.4 Å². The molecule has 0 aromatic heterocycles. The number of nitrogens with zero attached hydrogens (tertiary/aromatic N) is 5. The van der Waals surface area contributed by atoms with Gasteiger partial charge in [0.05, 0.1) is 36.4 Å². The van der Waals surface area contributed by atoms with Crippen LogP contribution in [0.4, 0.5) is 10.5 Å². The number of anilines is 1. The number of carbonyl (C=O) groups excluding carboxylic acids is 2. The number of amides is 2. The lowest BCUT2D eigenvalue weighted by atomic mass is 9.80. The van der Waals surface area contributed by atoms with Crippen molar-refractivity contribution in [3.05, 3.63) is 82.9 Å². The van der Waals surface area contributed by atoms with Gasteiger partial charge in [-0.3, -0.25) is 9.69 Å². The molecule has 48 heavy (non-hydrogen) atoms. The van der Waals surface area contributed by atoms with E-state index < -0.39 is 33.8 Å². The zero-order valence-corrected chi connectivity index (χ0v) is 28.3. The van der Waals surface area contributed by atoms with Crippen LogP contribution in [0.5, 0.6) is 11.5 Å². The molecule has 3 aromatic carbocycles. The Hall–Kier alpha value is -4.64. The van der Waals surface area contributed by atoms with E-state index in [1.54, 1.807) is 31.1 Å². The van der Waals surface area contributed by atoms with Gasteiger partial charge in [0, 0.05) is 38.3 Å². The summed E-state index contributed by atoms with van der Waals surface area (Å²) in [5, 5.41) is 10.0. The molecule has 0 saturated carbocycles. The highest BCUT2D eigenvalue weighted by molar-refractivity contribution is 7.93. The third-order valence-electron chi connectivity index (χ3n) is 9.32. The zero-order valence-electron chi connectivity index (χ0n) is 27.5. The first kappa shape index (κ1) is 33.3. The lowest BCUT2D eigenvalue weighted by Crippen LogP contribution is -2.57. The van der Waals surface area contributed by atoms with Gasteiger partial charge in [0.1, 0.15) is 11.5 Å². The molecule has 2 atom stereocenters. The van der Waals surface area contributed by atoms with E-state index in [9.17, 15) is 18.5 Å². The van der Waals surface area contributed by atoms with Crippen molar-refractivity contribution in [2.24, 2.45) is 0 Å². The van der Waals surface area contributed by atoms with E-state index in [1.165, 1.54) is 55.5 Å². The van der Waals surface area contributed by atoms with Crippen LogP contribution in [-0.2, 0) is 31.6 Å². The molecular weight excluding hydrogens is 634 g/mol. The molecule has 252 valence electrons. The van der Waals surface area contributed by atoms with Gasteiger partial charge in [0.15, 0.2) is 11.8 Å². The predicted molar refractivity (Wildman–Crippen MR) is 177 cm³/mol. The summed E-state index contributed by atoms with van der Waals surface area (Å²) >= 11 is 0. The molecule has 3 heterocycles. The molecule has 12 nitrogen and oxygen atoms in total. The van der Waals surface area contributed by atoms with Crippen LogP contribution in [0.25, 0.3) is 0 Å². The highest BCUT2D eigenvalue weighted by Gasteiger charge is 2.63. The van der Waals surface area contributed by atoms with Crippen LogP contribution in [0.2, 0.25) is 0 Å². The van der Waals surface area contributed by atoms with E-state index in [1.807, 2.05) is 12.1 Å². The van der Waals surface area contributed by atoms with E-state index >= 15 is 4.79 Å². The van der Waals surface area contributed by atoms with E-state index in [4.69, 9.17) is 14.2 Å². The van der Waals surface area contributed by atoms with Crippen molar-refractivity contribution in [1.29, 1.82) is 5.26 Å². The normalized spacial score (nSPS) is 21.2. The first-order valence-corrected chi connectivity index (χ1v) is 17.3. The Morgan fingerprint density at radius 2 is 1.69 bits per heavy atom. The summed E-state index contributed by atoms with van der Waals surface area (Å²) in [6.07, 6.45) is 1.74. The van der Waals surface area contributed by atoms with Crippen LogP contribution < -0.4 is 13.8 Å². The minimum Gasteiger partial charge on any atom is -0.497 e. The third kappa shape index (κ3) is 5.53. The number of benzene rings is 3. The van der Waals surface area contributed by atoms with Gasteiger partial charge in [0.2, 0.25) is 0 Å². The van der Waals surface area contributed by atoms with Crippen LogP contribution in [-0.4, -0.2) is 89.3 Å². The summed E-state index contributed by atoms with van der Waals surface area (Å²) in [6.45, 7) is 2.96. The zero-order chi connectivity index (χ0) is 34.2. The monoisotopic (exact) mass is 673 g/mol. The fourth-order valence-corrected chi connectivity index (χ4v) is 8.48. The number of carbonyl (C=O) groups is 2. The Bertz CT molecular complexity index is 1870. The van der Waals surface area contributed by atoms with E-state index in [2.05, 4.69) is 11.0 Å². The molecule has 0 aliphatic carbocycles. The molecule has 6 rings (SSSR count). The quantitative estimate of drug-likeness (QED) is 0.324. The van der Waals surface area contributed by atoms with E-state index in [-0.39, 0.29) is 21.7 Å². The maximum atomic E-state index is 15.4. The van der Waals surface area contributed by atoms with E-state index in [0.717, 1.165) is 35.8 Å². The van der Waals surface area contributed by atoms with Crippen LogP contribution in [0.1, 0.15) is 47.9 Å². The van der Waals surface area contributed by atoms with Crippen molar-refractivity contribution >= 4 is 27.7 Å². The third-order valence-corrected chi connectivity index (χ3v) is 11.0. The van der Waals surface area contributed by atoms with E-state index in [0.29, 0.717) is 43.0 Å². The molecule has 13 heteroatoms. The van der Waals surface area contributed by atoms with Gasteiger partial charge in [-0.2, -0.15) is 5.26 Å². The first-order chi connectivity index (χ1) is 23.1. The second-order valence-electron chi connectivity index (χ2n) is 12.4. The standard InChI is InChI=1S/C35H39N5O7S/c1-37(2)34(42)47-32-8-7-19-39(32)35(28-15-9-25(21-31(28)46-4)23-38-17-5-6-18-38)29-20-24(22-36)10-16-30(29)40(33(35)41)48(43,44)27-13-11-26(45-3)12-14-27/h9-16,20-21,32H,5-8,17-19,23H2,1-4H3/t32-,35?/m0/s1. The Morgan fingerprint density at radius 3 is 2.33 bits per heavy atom. The number of ether oxygens (including phenoxy) is 3. The van der Waals surface area contributed by atoms with Crippen molar-refractivity contribution in [2.75, 3.05) is 52.3 Å². The van der Waals surface area contributed by atoms with Gasteiger partial charge < -0.3 is 19.1 Å². The molecule has 2 fully saturated rings. The first-order valence-electron chi connectivity index (χ1n) is 15.9. The van der Waals surface area contributed by atoms with Crippen LogP contribution in [0.3, 0.4) is 0 Å². The molecule has 1 unspecified atom stereocenters. The fraction of sp³-hybridized carbons (Fsp3) is 0.400. The summed E-state index contributed by atoms with van der Waals surface area (Å²) in [5.74, 6) is 0.0416. The number of hydrogen-bond acceptors (Lipinski definition) is 10. The fourth-order valence-electron chi connectivity index (χ4n) is 7.02. The number of likely N-dealkylation sites (tertiary alicyclic amines) is 2. The van der Waals surface area contributed by atoms with Crippen LogP contribution >= 0.6 is 0 Å². The Labute approximate surface area is 281 Å². The average Bonchev–Trinajstić information content (AvgIpc) is 3.83. The van der Waals surface area contributed by atoms with Crippen molar-refractivity contribution < 1.29 is 32.2 Å². The number of methoxy groups -OCH3 is 2. The van der Waals surface area contributed by atoms with Gasteiger partial charge >= 0.3 is 6.09 Å². The van der Waals surface area contributed by atoms with Gasteiger partial charge in [0.25, 0.3) is 15.9 Å². The molecule has 0 N–H and O–H groups in total. The Morgan fingerprint density at radius 1 is 0.958 bits per heavy atom. The number of sulfonamides is 1. The maximum Gasteiger partial charge on any atom is 0.410 e. The van der Waals surface area contributed by atoms with Gasteiger partial charge in [-0.1, -0.05) is 12.1 Å².